The van der Waals surface area contributed by atoms with Crippen molar-refractivity contribution in [2.75, 3.05) is 32.6 Å². The Kier molecular flexibility index (Phi) is 4.40. The van der Waals surface area contributed by atoms with E-state index >= 15 is 0 Å². The maximum Gasteiger partial charge on any atom is 0.225 e. The van der Waals surface area contributed by atoms with Crippen molar-refractivity contribution in [3.8, 4) is 0 Å². The van der Waals surface area contributed by atoms with Gasteiger partial charge in [-0.25, -0.2) is 9.97 Å². The smallest absolute Gasteiger partial charge is 0.225 e. The Labute approximate surface area is 127 Å². The largest absolute Gasteiger partial charge is 0.347 e. The fourth-order valence-electron chi connectivity index (χ4n) is 3.58. The second-order valence-electron chi connectivity index (χ2n) is 6.55. The molecular formula is C16H27N5. The second-order valence-corrected chi connectivity index (χ2v) is 6.55. The fraction of sp³-hybridized carbons (Fsp3) is 0.750. The number of anilines is 1. The number of nitrogens with one attached hydrogen (secondary N) is 1. The van der Waals surface area contributed by atoms with Gasteiger partial charge in [-0.05, 0) is 32.7 Å². The molecular weight excluding hydrogens is 262 g/mol. The van der Waals surface area contributed by atoms with E-state index in [9.17, 15) is 0 Å². The van der Waals surface area contributed by atoms with Crippen LogP contribution in [0.5, 0.6) is 0 Å². The second kappa shape index (κ2) is 6.28. The Morgan fingerprint density at radius 2 is 2.00 bits per heavy atom. The van der Waals surface area contributed by atoms with Gasteiger partial charge >= 0.3 is 0 Å². The zero-order chi connectivity index (χ0) is 14.8. The first kappa shape index (κ1) is 14.7. The molecule has 3 rings (SSSR count). The molecule has 0 saturated heterocycles. The van der Waals surface area contributed by atoms with Gasteiger partial charge in [0.05, 0.1) is 5.69 Å². The standard InChI is InChI=1S/C16H27N5/c1-17-13-4-6-14(7-5-13)21-9-8-15-12(11-21)10-18-16(19-15)20(2)3/h10,13-14,17H,4-9,11H2,1-3H3. The molecule has 0 amide bonds. The van der Waals surface area contributed by atoms with E-state index in [2.05, 4.69) is 22.2 Å². The molecule has 116 valence electrons. The van der Waals surface area contributed by atoms with E-state index in [4.69, 9.17) is 4.98 Å². The molecule has 5 nitrogen and oxygen atoms in total. The average Bonchev–Trinajstić information content (AvgIpc) is 2.54. The predicted octanol–water partition coefficient (Wildman–Crippen LogP) is 1.43. The molecule has 0 unspecified atom stereocenters. The molecule has 1 aromatic heterocycles. The Morgan fingerprint density at radius 3 is 2.67 bits per heavy atom. The molecule has 0 spiro atoms. The topological polar surface area (TPSA) is 44.3 Å². The van der Waals surface area contributed by atoms with Gasteiger partial charge < -0.3 is 10.2 Å². The van der Waals surface area contributed by atoms with E-state index in [0.717, 1.165) is 37.5 Å². The highest BCUT2D eigenvalue weighted by Gasteiger charge is 2.28. The number of fused-ring (bicyclic) bond motifs is 1. The lowest BCUT2D eigenvalue weighted by Crippen LogP contribution is -2.44. The van der Waals surface area contributed by atoms with Crippen molar-refractivity contribution in [2.24, 2.45) is 0 Å². The zero-order valence-corrected chi connectivity index (χ0v) is 13.5. The summed E-state index contributed by atoms with van der Waals surface area (Å²) in [6, 6.07) is 1.47. The minimum Gasteiger partial charge on any atom is -0.347 e. The summed E-state index contributed by atoms with van der Waals surface area (Å²) >= 11 is 0. The van der Waals surface area contributed by atoms with E-state index in [1.807, 2.05) is 25.2 Å². The predicted molar refractivity (Wildman–Crippen MR) is 85.6 cm³/mol. The lowest BCUT2D eigenvalue weighted by Gasteiger charge is -2.39. The summed E-state index contributed by atoms with van der Waals surface area (Å²) in [4.78, 5) is 13.8. The number of aromatic nitrogens is 2. The molecule has 1 saturated carbocycles. The van der Waals surface area contributed by atoms with Gasteiger partial charge in [0.2, 0.25) is 5.95 Å². The van der Waals surface area contributed by atoms with Crippen LogP contribution in [0.15, 0.2) is 6.20 Å². The Morgan fingerprint density at radius 1 is 1.24 bits per heavy atom. The van der Waals surface area contributed by atoms with Crippen molar-refractivity contribution in [2.45, 2.75) is 50.7 Å². The van der Waals surface area contributed by atoms with Crippen LogP contribution >= 0.6 is 0 Å². The third-order valence-electron chi connectivity index (χ3n) is 4.97. The molecule has 0 radical (unpaired) electrons. The molecule has 1 aliphatic carbocycles. The molecule has 2 heterocycles. The molecule has 1 fully saturated rings. The van der Waals surface area contributed by atoms with Crippen molar-refractivity contribution in [3.05, 3.63) is 17.5 Å². The first-order valence-electron chi connectivity index (χ1n) is 8.11. The summed E-state index contributed by atoms with van der Waals surface area (Å²) in [6.07, 6.45) is 8.34. The quantitative estimate of drug-likeness (QED) is 0.912. The van der Waals surface area contributed by atoms with Gasteiger partial charge in [-0.3, -0.25) is 4.90 Å². The van der Waals surface area contributed by atoms with E-state index in [1.165, 1.54) is 36.9 Å². The third-order valence-corrected chi connectivity index (χ3v) is 4.97. The highest BCUT2D eigenvalue weighted by Crippen LogP contribution is 2.27. The Bertz CT molecular complexity index is 480. The Balaban J connectivity index is 1.65. The molecule has 21 heavy (non-hydrogen) atoms. The Hall–Kier alpha value is -1.20. The van der Waals surface area contributed by atoms with Crippen LogP contribution in [0.25, 0.3) is 0 Å². The van der Waals surface area contributed by atoms with Gasteiger partial charge in [0.15, 0.2) is 0 Å². The van der Waals surface area contributed by atoms with Gasteiger partial charge in [-0.2, -0.15) is 0 Å². The fourth-order valence-corrected chi connectivity index (χ4v) is 3.58. The summed E-state index contributed by atoms with van der Waals surface area (Å²) in [5.74, 6) is 0.830. The highest BCUT2D eigenvalue weighted by molar-refractivity contribution is 5.32. The van der Waals surface area contributed by atoms with Gasteiger partial charge in [-0.15, -0.1) is 0 Å². The van der Waals surface area contributed by atoms with E-state index in [-0.39, 0.29) is 0 Å². The SMILES string of the molecule is CNC1CCC(N2CCc3nc(N(C)C)ncc3C2)CC1. The van der Waals surface area contributed by atoms with Gasteiger partial charge in [-0.1, -0.05) is 0 Å². The van der Waals surface area contributed by atoms with Crippen LogP contribution in [0.2, 0.25) is 0 Å². The van der Waals surface area contributed by atoms with Crippen molar-refractivity contribution >= 4 is 5.95 Å². The number of nitrogens with zero attached hydrogens (tertiary/aromatic N) is 4. The summed E-state index contributed by atoms with van der Waals surface area (Å²) in [7, 11) is 6.08. The van der Waals surface area contributed by atoms with E-state index in [1.54, 1.807) is 0 Å². The monoisotopic (exact) mass is 289 g/mol. The van der Waals surface area contributed by atoms with Crippen molar-refractivity contribution in [1.29, 1.82) is 0 Å². The maximum absolute atomic E-state index is 4.70. The van der Waals surface area contributed by atoms with Crippen LogP contribution < -0.4 is 10.2 Å². The van der Waals surface area contributed by atoms with Crippen LogP contribution in [0.3, 0.4) is 0 Å². The molecule has 0 aromatic carbocycles. The van der Waals surface area contributed by atoms with Gasteiger partial charge in [0, 0.05) is 57.4 Å². The zero-order valence-electron chi connectivity index (χ0n) is 13.5. The summed E-state index contributed by atoms with van der Waals surface area (Å²) in [5, 5.41) is 3.42. The summed E-state index contributed by atoms with van der Waals surface area (Å²) in [6.45, 7) is 2.17. The molecule has 2 aliphatic rings. The minimum atomic E-state index is 0.726. The summed E-state index contributed by atoms with van der Waals surface area (Å²) in [5.41, 5.74) is 2.57. The molecule has 0 bridgehead atoms. The third kappa shape index (κ3) is 3.19. The summed E-state index contributed by atoms with van der Waals surface area (Å²) < 4.78 is 0. The van der Waals surface area contributed by atoms with Crippen LogP contribution in [-0.4, -0.2) is 54.6 Å². The first-order valence-corrected chi connectivity index (χ1v) is 8.11. The minimum absolute atomic E-state index is 0.726. The average molecular weight is 289 g/mol. The van der Waals surface area contributed by atoms with Crippen LogP contribution in [0, 0.1) is 0 Å². The number of rotatable bonds is 3. The van der Waals surface area contributed by atoms with Crippen molar-refractivity contribution in [3.63, 3.8) is 0 Å². The first-order chi connectivity index (χ1) is 10.2. The van der Waals surface area contributed by atoms with Gasteiger partial charge in [0.25, 0.3) is 0 Å². The van der Waals surface area contributed by atoms with Crippen LogP contribution in [0.4, 0.5) is 5.95 Å². The van der Waals surface area contributed by atoms with E-state index in [0.29, 0.717) is 0 Å². The molecule has 1 aromatic rings. The highest BCUT2D eigenvalue weighted by atomic mass is 15.2. The lowest BCUT2D eigenvalue weighted by atomic mass is 9.89. The normalized spacial score (nSPS) is 26.4. The van der Waals surface area contributed by atoms with Gasteiger partial charge in [0.1, 0.15) is 0 Å². The number of hydrogen-bond donors (Lipinski definition) is 1. The van der Waals surface area contributed by atoms with E-state index < -0.39 is 0 Å². The van der Waals surface area contributed by atoms with Crippen molar-refractivity contribution in [1.82, 2.24) is 20.2 Å². The van der Waals surface area contributed by atoms with Crippen LogP contribution in [-0.2, 0) is 13.0 Å². The molecule has 1 aliphatic heterocycles. The maximum atomic E-state index is 4.70. The molecule has 5 heteroatoms. The van der Waals surface area contributed by atoms with Crippen LogP contribution in [0.1, 0.15) is 36.9 Å². The van der Waals surface area contributed by atoms with Crippen molar-refractivity contribution < 1.29 is 0 Å². The number of hydrogen-bond acceptors (Lipinski definition) is 5. The lowest BCUT2D eigenvalue weighted by molar-refractivity contribution is 0.130. The molecule has 1 N–H and O–H groups in total. The molecule has 0 atom stereocenters.